The molecule has 6 nitrogen and oxygen atoms in total. The number of nitrogen functional groups attached to an aromatic ring is 2. The average molecular weight is 197 g/mol. The van der Waals surface area contributed by atoms with Gasteiger partial charge in [0.15, 0.2) is 0 Å². The van der Waals surface area contributed by atoms with E-state index < -0.39 is 4.92 Å². The first-order chi connectivity index (χ1) is 6.56. The van der Waals surface area contributed by atoms with Crippen molar-refractivity contribution in [1.82, 2.24) is 0 Å². The number of nitrogens with zero attached hydrogens (tertiary/aromatic N) is 1. The molecular formula is C8H11N3O3. The fourth-order valence-electron chi connectivity index (χ4n) is 1.15. The molecule has 0 radical (unpaired) electrons. The summed E-state index contributed by atoms with van der Waals surface area (Å²) in [5, 5.41) is 19.2. The molecule has 0 aromatic heterocycles. The molecule has 5 N–H and O–H groups in total. The zero-order valence-corrected chi connectivity index (χ0v) is 7.43. The van der Waals surface area contributed by atoms with Crippen LogP contribution in [0.15, 0.2) is 12.1 Å². The van der Waals surface area contributed by atoms with E-state index in [1.165, 1.54) is 12.1 Å². The number of nitrogens with two attached hydrogens (primary N) is 2. The fourth-order valence-corrected chi connectivity index (χ4v) is 1.15. The van der Waals surface area contributed by atoms with Gasteiger partial charge in [0.05, 0.1) is 16.3 Å². The first-order valence-corrected chi connectivity index (χ1v) is 3.99. The number of aliphatic hydroxyl groups excluding tert-OH is 1. The van der Waals surface area contributed by atoms with Crippen molar-refractivity contribution in [3.8, 4) is 0 Å². The first kappa shape index (κ1) is 10.3. The predicted octanol–water partition coefficient (Wildman–Crippen LogP) is 0.294. The molecule has 0 aliphatic rings. The van der Waals surface area contributed by atoms with E-state index in [1.54, 1.807) is 0 Å². The molecule has 0 unspecified atom stereocenters. The summed E-state index contributed by atoms with van der Waals surface area (Å²) in [5.41, 5.74) is 11.9. The third-order valence-corrected chi connectivity index (χ3v) is 1.87. The summed E-state index contributed by atoms with van der Waals surface area (Å²) in [7, 11) is 0. The Labute approximate surface area is 80.3 Å². The Hall–Kier alpha value is -1.82. The highest BCUT2D eigenvalue weighted by Crippen LogP contribution is 2.26. The average Bonchev–Trinajstić information content (AvgIpc) is 2.12. The van der Waals surface area contributed by atoms with E-state index in [2.05, 4.69) is 0 Å². The monoisotopic (exact) mass is 197 g/mol. The second-order valence-electron chi connectivity index (χ2n) is 2.84. The lowest BCUT2D eigenvalue weighted by molar-refractivity contribution is -0.384. The van der Waals surface area contributed by atoms with Crippen molar-refractivity contribution in [1.29, 1.82) is 0 Å². The third-order valence-electron chi connectivity index (χ3n) is 1.87. The summed E-state index contributed by atoms with van der Waals surface area (Å²) in [4.78, 5) is 9.92. The molecule has 1 aromatic rings. The molecule has 0 saturated carbocycles. The Morgan fingerprint density at radius 2 is 2.07 bits per heavy atom. The smallest absolute Gasteiger partial charge is 0.271 e. The van der Waals surface area contributed by atoms with E-state index in [4.69, 9.17) is 16.6 Å². The SMILES string of the molecule is Nc1cc([N+](=O)[O-])cc(CCO)c1N. The Bertz CT molecular complexity index is 365. The number of anilines is 2. The van der Waals surface area contributed by atoms with Crippen molar-refractivity contribution < 1.29 is 10.0 Å². The largest absolute Gasteiger partial charge is 0.397 e. The van der Waals surface area contributed by atoms with Gasteiger partial charge in [-0.1, -0.05) is 0 Å². The second-order valence-corrected chi connectivity index (χ2v) is 2.84. The zero-order chi connectivity index (χ0) is 10.7. The van der Waals surface area contributed by atoms with Crippen LogP contribution in [0.25, 0.3) is 0 Å². The number of non-ortho nitro benzene ring substituents is 1. The summed E-state index contributed by atoms with van der Waals surface area (Å²) >= 11 is 0. The van der Waals surface area contributed by atoms with Crippen molar-refractivity contribution in [2.45, 2.75) is 6.42 Å². The van der Waals surface area contributed by atoms with E-state index >= 15 is 0 Å². The van der Waals surface area contributed by atoms with Gasteiger partial charge in [0.2, 0.25) is 0 Å². The maximum absolute atomic E-state index is 10.5. The lowest BCUT2D eigenvalue weighted by atomic mass is 10.1. The summed E-state index contributed by atoms with van der Waals surface area (Å²) in [5.74, 6) is 0. The second kappa shape index (κ2) is 3.93. The molecule has 0 bridgehead atoms. The summed E-state index contributed by atoms with van der Waals surface area (Å²) in [6, 6.07) is 2.53. The van der Waals surface area contributed by atoms with Crippen molar-refractivity contribution >= 4 is 17.1 Å². The van der Waals surface area contributed by atoms with E-state index in [-0.39, 0.29) is 24.4 Å². The van der Waals surface area contributed by atoms with Crippen LogP contribution in [0.1, 0.15) is 5.56 Å². The van der Waals surface area contributed by atoms with Gasteiger partial charge in [0, 0.05) is 18.7 Å². The molecule has 0 heterocycles. The Morgan fingerprint density at radius 1 is 1.43 bits per heavy atom. The Morgan fingerprint density at radius 3 is 2.57 bits per heavy atom. The van der Waals surface area contributed by atoms with E-state index in [0.29, 0.717) is 11.3 Å². The number of aliphatic hydroxyl groups is 1. The lowest BCUT2D eigenvalue weighted by Crippen LogP contribution is -2.03. The first-order valence-electron chi connectivity index (χ1n) is 3.99. The quantitative estimate of drug-likeness (QED) is 0.366. The fraction of sp³-hybridized carbons (Fsp3) is 0.250. The van der Waals surface area contributed by atoms with E-state index in [1.807, 2.05) is 0 Å². The minimum absolute atomic E-state index is 0.111. The topological polar surface area (TPSA) is 115 Å². The number of rotatable bonds is 3. The minimum atomic E-state index is -0.545. The summed E-state index contributed by atoms with van der Waals surface area (Å²) in [6.45, 7) is -0.120. The van der Waals surface area contributed by atoms with Crippen LogP contribution < -0.4 is 11.5 Å². The predicted molar refractivity (Wildman–Crippen MR) is 52.7 cm³/mol. The Kier molecular flexibility index (Phi) is 2.88. The lowest BCUT2D eigenvalue weighted by Gasteiger charge is -2.06. The van der Waals surface area contributed by atoms with Crippen LogP contribution in [0.5, 0.6) is 0 Å². The van der Waals surface area contributed by atoms with E-state index in [0.717, 1.165) is 0 Å². The number of nitro groups is 1. The normalized spacial score (nSPS) is 10.1. The minimum Gasteiger partial charge on any atom is -0.397 e. The highest BCUT2D eigenvalue weighted by molar-refractivity contribution is 5.71. The van der Waals surface area contributed by atoms with Crippen molar-refractivity contribution in [2.75, 3.05) is 18.1 Å². The van der Waals surface area contributed by atoms with Crippen LogP contribution in [0.2, 0.25) is 0 Å². The molecule has 76 valence electrons. The molecule has 0 fully saturated rings. The highest BCUT2D eigenvalue weighted by atomic mass is 16.6. The van der Waals surface area contributed by atoms with Crippen LogP contribution in [-0.4, -0.2) is 16.6 Å². The zero-order valence-electron chi connectivity index (χ0n) is 7.43. The van der Waals surface area contributed by atoms with Gasteiger partial charge in [-0.2, -0.15) is 0 Å². The van der Waals surface area contributed by atoms with Crippen LogP contribution in [0.3, 0.4) is 0 Å². The number of hydrogen-bond donors (Lipinski definition) is 3. The number of nitro benzene ring substituents is 1. The van der Waals surface area contributed by atoms with Gasteiger partial charge in [0.1, 0.15) is 0 Å². The molecule has 1 rings (SSSR count). The Balaban J connectivity index is 3.20. The van der Waals surface area contributed by atoms with E-state index in [9.17, 15) is 10.1 Å². The van der Waals surface area contributed by atoms with Gasteiger partial charge < -0.3 is 16.6 Å². The molecule has 1 aromatic carbocycles. The molecule has 0 aliphatic heterocycles. The van der Waals surface area contributed by atoms with Crippen LogP contribution in [0, 0.1) is 10.1 Å². The van der Waals surface area contributed by atoms with Crippen LogP contribution in [-0.2, 0) is 6.42 Å². The highest BCUT2D eigenvalue weighted by Gasteiger charge is 2.12. The molecule has 0 aliphatic carbocycles. The van der Waals surface area contributed by atoms with Crippen molar-refractivity contribution in [2.24, 2.45) is 0 Å². The molecule has 14 heavy (non-hydrogen) atoms. The van der Waals surface area contributed by atoms with Gasteiger partial charge in [0.25, 0.3) is 5.69 Å². The molecule has 0 amide bonds. The molecule has 6 heteroatoms. The van der Waals surface area contributed by atoms with Gasteiger partial charge in [-0.3, -0.25) is 10.1 Å². The molecule has 0 spiro atoms. The standard InChI is InChI=1S/C8H11N3O3/c9-7-4-6(11(13)14)3-5(1-2-12)8(7)10/h3-4,12H,1-2,9-10H2. The number of hydrogen-bond acceptors (Lipinski definition) is 5. The van der Waals surface area contributed by atoms with Gasteiger partial charge in [-0.05, 0) is 12.0 Å². The van der Waals surface area contributed by atoms with Crippen molar-refractivity contribution in [3.63, 3.8) is 0 Å². The molecular weight excluding hydrogens is 186 g/mol. The molecule has 0 atom stereocenters. The third kappa shape index (κ3) is 1.91. The maximum atomic E-state index is 10.5. The summed E-state index contributed by atoms with van der Waals surface area (Å²) < 4.78 is 0. The van der Waals surface area contributed by atoms with Crippen molar-refractivity contribution in [3.05, 3.63) is 27.8 Å². The van der Waals surface area contributed by atoms with Gasteiger partial charge >= 0.3 is 0 Å². The molecule has 0 saturated heterocycles. The van der Waals surface area contributed by atoms with Crippen LogP contribution in [0.4, 0.5) is 17.1 Å². The van der Waals surface area contributed by atoms with Crippen LogP contribution >= 0.6 is 0 Å². The van der Waals surface area contributed by atoms with Gasteiger partial charge in [-0.15, -0.1) is 0 Å². The summed E-state index contributed by atoms with van der Waals surface area (Å²) in [6.07, 6.45) is 0.262. The maximum Gasteiger partial charge on any atom is 0.271 e. The van der Waals surface area contributed by atoms with Gasteiger partial charge in [-0.25, -0.2) is 0 Å². The number of benzene rings is 1.